The minimum absolute atomic E-state index is 0.0774. The highest BCUT2D eigenvalue weighted by atomic mass is 32.2. The fourth-order valence-corrected chi connectivity index (χ4v) is 6.68. The maximum Gasteiger partial charge on any atom is 0.410 e. The first-order chi connectivity index (χ1) is 20.0. The van der Waals surface area contributed by atoms with Crippen molar-refractivity contribution in [2.75, 3.05) is 33.2 Å². The number of carbonyl (C=O) groups is 2. The molecule has 2 aliphatic heterocycles. The van der Waals surface area contributed by atoms with Gasteiger partial charge in [-0.3, -0.25) is 4.79 Å². The number of likely N-dealkylation sites (N-methyl/N-ethyl adjacent to an activating group) is 1. The quantitative estimate of drug-likeness (QED) is 0.371. The van der Waals surface area contributed by atoms with Gasteiger partial charge in [0, 0.05) is 37.6 Å². The minimum Gasteiger partial charge on any atom is -0.457 e. The van der Waals surface area contributed by atoms with Gasteiger partial charge in [0.15, 0.2) is 0 Å². The maximum absolute atomic E-state index is 13.0. The van der Waals surface area contributed by atoms with Crippen molar-refractivity contribution in [1.29, 1.82) is 0 Å². The number of benzene rings is 1. The Kier molecular flexibility index (Phi) is 12.0. The van der Waals surface area contributed by atoms with E-state index in [-0.39, 0.29) is 29.2 Å². The zero-order chi connectivity index (χ0) is 31.9. The molecule has 240 valence electrons. The van der Waals surface area contributed by atoms with Crippen molar-refractivity contribution in [2.45, 2.75) is 89.6 Å². The van der Waals surface area contributed by atoms with Gasteiger partial charge in [0.25, 0.3) is 0 Å². The van der Waals surface area contributed by atoms with Crippen LogP contribution in [0.5, 0.6) is 0 Å². The topological polar surface area (TPSA) is 125 Å². The molecule has 2 aliphatic rings. The van der Waals surface area contributed by atoms with E-state index in [2.05, 4.69) is 9.62 Å². The summed E-state index contributed by atoms with van der Waals surface area (Å²) in [6.07, 6.45) is 3.90. The number of hydrogen-bond donors (Lipinski definition) is 2. The lowest BCUT2D eigenvalue weighted by atomic mass is 9.91. The Labute approximate surface area is 257 Å². The maximum atomic E-state index is 13.0. The van der Waals surface area contributed by atoms with E-state index in [1.807, 2.05) is 40.0 Å². The molecule has 1 amide bonds. The SMILES string of the molecule is C/C(=C\c1cccc(S(=O)(=O)NC(C)(C)C)c1)[C@H]1OC(=O)C[C@H](O)CC[C@H](C)[C@@H](OC(=O)N2CCN(C)CC2)/C=C/[C@@H]1C. The van der Waals surface area contributed by atoms with Gasteiger partial charge >= 0.3 is 12.1 Å². The Bertz CT molecular complexity index is 1280. The van der Waals surface area contributed by atoms with Crippen LogP contribution in [0.25, 0.3) is 6.08 Å². The lowest BCUT2D eigenvalue weighted by molar-refractivity contribution is -0.151. The van der Waals surface area contributed by atoms with Crippen molar-refractivity contribution in [3.63, 3.8) is 0 Å². The van der Waals surface area contributed by atoms with E-state index < -0.39 is 39.8 Å². The molecule has 0 radical (unpaired) electrons. The molecule has 2 heterocycles. The summed E-state index contributed by atoms with van der Waals surface area (Å²) >= 11 is 0. The summed E-state index contributed by atoms with van der Waals surface area (Å²) in [6, 6.07) is 6.57. The Morgan fingerprint density at radius 1 is 1.12 bits per heavy atom. The van der Waals surface area contributed by atoms with Crippen LogP contribution in [-0.4, -0.2) is 92.5 Å². The number of aliphatic hydroxyl groups excluding tert-OH is 1. The van der Waals surface area contributed by atoms with E-state index in [0.717, 1.165) is 13.1 Å². The predicted molar refractivity (Wildman–Crippen MR) is 167 cm³/mol. The second-order valence-electron chi connectivity index (χ2n) is 13.0. The van der Waals surface area contributed by atoms with Gasteiger partial charge in [0.05, 0.1) is 17.4 Å². The molecular weight excluding hydrogens is 570 g/mol. The molecule has 1 aromatic carbocycles. The molecule has 0 saturated carbocycles. The third-order valence-corrected chi connectivity index (χ3v) is 9.46. The Balaban J connectivity index is 1.87. The smallest absolute Gasteiger partial charge is 0.410 e. The highest BCUT2D eigenvalue weighted by molar-refractivity contribution is 7.89. The highest BCUT2D eigenvalue weighted by Gasteiger charge is 2.29. The molecule has 0 unspecified atom stereocenters. The molecule has 1 aromatic rings. The van der Waals surface area contributed by atoms with Gasteiger partial charge in [-0.15, -0.1) is 0 Å². The van der Waals surface area contributed by atoms with Gasteiger partial charge in [-0.05, 0) is 82.8 Å². The standard InChI is InChI=1S/C32H49N3O7S/c1-22-11-13-26(36)21-29(37)42-30(23(2)12-14-28(22)41-31(38)35-17-15-34(7)16-18-35)24(3)19-25-9-8-10-27(20-25)43(39,40)33-32(4,5)6/h8-10,12,14,19-20,22-23,26,28,30,33,36H,11,13,15-18,21H2,1-7H3/b14-12+,24-19+/t22-,23-,26+,28-,30-/m0/s1. The van der Waals surface area contributed by atoms with Crippen LogP contribution in [0.1, 0.15) is 66.4 Å². The van der Waals surface area contributed by atoms with Crippen LogP contribution in [0, 0.1) is 11.8 Å². The third kappa shape index (κ3) is 10.7. The van der Waals surface area contributed by atoms with E-state index in [9.17, 15) is 23.1 Å². The fraction of sp³-hybridized carbons (Fsp3) is 0.625. The average molecular weight is 620 g/mol. The number of esters is 1. The van der Waals surface area contributed by atoms with E-state index in [0.29, 0.717) is 37.1 Å². The predicted octanol–water partition coefficient (Wildman–Crippen LogP) is 4.20. The van der Waals surface area contributed by atoms with Crippen molar-refractivity contribution in [1.82, 2.24) is 14.5 Å². The zero-order valence-corrected chi connectivity index (χ0v) is 27.4. The number of amides is 1. The van der Waals surface area contributed by atoms with Crippen LogP contribution < -0.4 is 4.72 Å². The van der Waals surface area contributed by atoms with Crippen LogP contribution in [0.3, 0.4) is 0 Å². The molecule has 0 spiro atoms. The van der Waals surface area contributed by atoms with Crippen molar-refractivity contribution < 1.29 is 32.6 Å². The number of cyclic esters (lactones) is 1. The number of rotatable bonds is 5. The molecule has 2 N–H and O–H groups in total. The normalized spacial score (nSPS) is 27.9. The van der Waals surface area contributed by atoms with E-state index in [1.165, 1.54) is 6.07 Å². The summed E-state index contributed by atoms with van der Waals surface area (Å²) < 4.78 is 40.3. The molecule has 0 aliphatic carbocycles. The number of hydrogen-bond acceptors (Lipinski definition) is 8. The number of carbonyl (C=O) groups excluding carboxylic acids is 2. The number of nitrogens with zero attached hydrogens (tertiary/aromatic N) is 2. The first-order valence-corrected chi connectivity index (χ1v) is 16.5. The second-order valence-corrected chi connectivity index (χ2v) is 14.7. The van der Waals surface area contributed by atoms with E-state index >= 15 is 0 Å². The van der Waals surface area contributed by atoms with Crippen LogP contribution >= 0.6 is 0 Å². The fourth-order valence-electron chi connectivity index (χ4n) is 5.21. The van der Waals surface area contributed by atoms with Crippen molar-refractivity contribution in [3.8, 4) is 0 Å². The van der Waals surface area contributed by atoms with Gasteiger partial charge in [-0.1, -0.05) is 38.1 Å². The Morgan fingerprint density at radius 2 is 1.79 bits per heavy atom. The van der Waals surface area contributed by atoms with Crippen LogP contribution in [0.2, 0.25) is 0 Å². The molecule has 1 saturated heterocycles. The first kappa shape index (κ1) is 34.8. The number of aliphatic hydroxyl groups is 1. The third-order valence-electron chi connectivity index (χ3n) is 7.71. The van der Waals surface area contributed by atoms with Gasteiger partial charge in [-0.25, -0.2) is 17.9 Å². The number of piperazine rings is 1. The minimum atomic E-state index is -3.74. The molecule has 10 nitrogen and oxygen atoms in total. The number of sulfonamides is 1. The monoisotopic (exact) mass is 619 g/mol. The molecule has 5 atom stereocenters. The van der Waals surface area contributed by atoms with Crippen molar-refractivity contribution >= 4 is 28.2 Å². The van der Waals surface area contributed by atoms with Gasteiger partial charge in [0.2, 0.25) is 10.0 Å². The Hall–Kier alpha value is -2.73. The summed E-state index contributed by atoms with van der Waals surface area (Å²) in [4.78, 5) is 29.9. The zero-order valence-electron chi connectivity index (χ0n) is 26.6. The van der Waals surface area contributed by atoms with Gasteiger partial charge in [0.1, 0.15) is 12.2 Å². The molecule has 0 bridgehead atoms. The summed E-state index contributed by atoms with van der Waals surface area (Å²) in [5.41, 5.74) is 0.706. The van der Waals surface area contributed by atoms with E-state index in [1.54, 1.807) is 49.9 Å². The highest BCUT2D eigenvalue weighted by Crippen LogP contribution is 2.26. The summed E-state index contributed by atoms with van der Waals surface area (Å²) in [5, 5.41) is 10.6. The Morgan fingerprint density at radius 3 is 2.44 bits per heavy atom. The average Bonchev–Trinajstić information content (AvgIpc) is 2.91. The molecular formula is C32H49N3O7S. The largest absolute Gasteiger partial charge is 0.457 e. The lowest BCUT2D eigenvalue weighted by Crippen LogP contribution is -2.48. The molecule has 3 rings (SSSR count). The van der Waals surface area contributed by atoms with Gasteiger partial charge in [-0.2, -0.15) is 0 Å². The number of ether oxygens (including phenoxy) is 2. The van der Waals surface area contributed by atoms with Crippen molar-refractivity contribution in [2.24, 2.45) is 11.8 Å². The van der Waals surface area contributed by atoms with Crippen LogP contribution in [0.15, 0.2) is 46.9 Å². The molecule has 1 fully saturated rings. The summed E-state index contributed by atoms with van der Waals surface area (Å²) in [6.45, 7) is 13.8. The lowest BCUT2D eigenvalue weighted by Gasteiger charge is -2.33. The number of nitrogens with one attached hydrogen (secondary N) is 1. The van der Waals surface area contributed by atoms with Crippen LogP contribution in [0.4, 0.5) is 4.79 Å². The van der Waals surface area contributed by atoms with Gasteiger partial charge < -0.3 is 24.4 Å². The second kappa shape index (κ2) is 14.8. The van der Waals surface area contributed by atoms with E-state index in [4.69, 9.17) is 9.47 Å². The summed E-state index contributed by atoms with van der Waals surface area (Å²) in [5.74, 6) is -0.891. The van der Waals surface area contributed by atoms with Crippen LogP contribution in [-0.2, 0) is 24.3 Å². The molecule has 11 heteroatoms. The van der Waals surface area contributed by atoms with Crippen molar-refractivity contribution in [3.05, 3.63) is 47.6 Å². The first-order valence-electron chi connectivity index (χ1n) is 15.1. The molecule has 0 aromatic heterocycles. The summed E-state index contributed by atoms with van der Waals surface area (Å²) in [7, 11) is -1.71. The molecule has 43 heavy (non-hydrogen) atoms.